The molecule has 0 aliphatic rings. The predicted molar refractivity (Wildman–Crippen MR) is 112 cm³/mol. The number of hydrogen-bond acceptors (Lipinski definition) is 5. The summed E-state index contributed by atoms with van der Waals surface area (Å²) in [7, 11) is 0. The molecule has 0 radical (unpaired) electrons. The third kappa shape index (κ3) is 3.66. The molecule has 0 saturated carbocycles. The highest BCUT2D eigenvalue weighted by atomic mass is 32.1. The van der Waals surface area contributed by atoms with Crippen molar-refractivity contribution >= 4 is 32.6 Å². The van der Waals surface area contributed by atoms with Gasteiger partial charge in [0.1, 0.15) is 0 Å². The minimum atomic E-state index is -0.292. The largest absolute Gasteiger partial charge is 0.296 e. The van der Waals surface area contributed by atoms with Crippen molar-refractivity contribution in [3.05, 3.63) is 71.0 Å². The standard InChI is InChI=1S/C21H21N5OS/c1-13(2)16-9-10-17-18(11-16)28-21(22-17)23-20(27)19-14(3)26(25-24-19)12-15-7-5-4-6-8-15/h4-11,13H,12H2,1-3H3,(H,22,23,27). The Morgan fingerprint density at radius 2 is 1.96 bits per heavy atom. The van der Waals surface area contributed by atoms with Gasteiger partial charge >= 0.3 is 0 Å². The maximum Gasteiger partial charge on any atom is 0.279 e. The van der Waals surface area contributed by atoms with Crippen LogP contribution in [-0.4, -0.2) is 25.9 Å². The molecule has 0 aliphatic carbocycles. The van der Waals surface area contributed by atoms with E-state index in [9.17, 15) is 4.79 Å². The molecule has 0 atom stereocenters. The Hall–Kier alpha value is -3.06. The zero-order valence-corrected chi connectivity index (χ0v) is 16.8. The average molecular weight is 392 g/mol. The molecule has 0 fully saturated rings. The summed E-state index contributed by atoms with van der Waals surface area (Å²) in [4.78, 5) is 17.2. The Labute approximate surface area is 167 Å². The number of carbonyl (C=O) groups excluding carboxylic acids is 1. The quantitative estimate of drug-likeness (QED) is 0.539. The number of fused-ring (bicyclic) bond motifs is 1. The second kappa shape index (κ2) is 7.52. The molecule has 6 nitrogen and oxygen atoms in total. The lowest BCUT2D eigenvalue weighted by Gasteiger charge is -2.04. The van der Waals surface area contributed by atoms with E-state index in [1.807, 2.05) is 43.3 Å². The summed E-state index contributed by atoms with van der Waals surface area (Å²) >= 11 is 1.47. The molecule has 0 spiro atoms. The van der Waals surface area contributed by atoms with Crippen LogP contribution in [0.3, 0.4) is 0 Å². The monoisotopic (exact) mass is 391 g/mol. The molecule has 2 aromatic carbocycles. The molecule has 7 heteroatoms. The van der Waals surface area contributed by atoms with Crippen LogP contribution in [0.4, 0.5) is 5.13 Å². The minimum Gasteiger partial charge on any atom is -0.296 e. The summed E-state index contributed by atoms with van der Waals surface area (Å²) in [5.74, 6) is 0.159. The summed E-state index contributed by atoms with van der Waals surface area (Å²) in [5, 5.41) is 11.6. The van der Waals surface area contributed by atoms with Gasteiger partial charge < -0.3 is 0 Å². The number of hydrogen-bond donors (Lipinski definition) is 1. The Morgan fingerprint density at radius 3 is 2.71 bits per heavy atom. The van der Waals surface area contributed by atoms with Gasteiger partial charge in [-0.1, -0.05) is 66.8 Å². The van der Waals surface area contributed by atoms with Crippen molar-refractivity contribution < 1.29 is 4.79 Å². The van der Waals surface area contributed by atoms with Crippen molar-refractivity contribution in [1.82, 2.24) is 20.0 Å². The molecule has 4 aromatic rings. The maximum absolute atomic E-state index is 12.7. The van der Waals surface area contributed by atoms with E-state index in [0.717, 1.165) is 21.5 Å². The summed E-state index contributed by atoms with van der Waals surface area (Å²) in [6.45, 7) is 6.75. The van der Waals surface area contributed by atoms with Gasteiger partial charge in [-0.15, -0.1) is 5.10 Å². The molecule has 0 unspecified atom stereocenters. The predicted octanol–water partition coefficient (Wildman–Crippen LogP) is 4.62. The normalized spacial score (nSPS) is 11.3. The van der Waals surface area contributed by atoms with Crippen LogP contribution in [0.15, 0.2) is 48.5 Å². The highest BCUT2D eigenvalue weighted by molar-refractivity contribution is 7.22. The van der Waals surface area contributed by atoms with E-state index in [-0.39, 0.29) is 5.91 Å². The van der Waals surface area contributed by atoms with Crippen LogP contribution in [0, 0.1) is 6.92 Å². The molecule has 142 valence electrons. The number of rotatable bonds is 5. The van der Waals surface area contributed by atoms with Crippen molar-refractivity contribution in [2.45, 2.75) is 33.2 Å². The SMILES string of the molecule is Cc1c(C(=O)Nc2nc3ccc(C(C)C)cc3s2)nnn1Cc1ccccc1. The molecule has 28 heavy (non-hydrogen) atoms. The van der Waals surface area contributed by atoms with Crippen molar-refractivity contribution in [1.29, 1.82) is 0 Å². The molecule has 0 saturated heterocycles. The van der Waals surface area contributed by atoms with E-state index in [4.69, 9.17) is 0 Å². The average Bonchev–Trinajstić information content (AvgIpc) is 3.25. The van der Waals surface area contributed by atoms with Gasteiger partial charge in [0.05, 0.1) is 22.5 Å². The van der Waals surface area contributed by atoms with Gasteiger partial charge in [-0.05, 0) is 36.1 Å². The van der Waals surface area contributed by atoms with Gasteiger partial charge in [0, 0.05) is 0 Å². The van der Waals surface area contributed by atoms with E-state index in [2.05, 4.69) is 46.6 Å². The zero-order chi connectivity index (χ0) is 19.7. The fraction of sp³-hybridized carbons (Fsp3) is 0.238. The van der Waals surface area contributed by atoms with Gasteiger partial charge in [-0.25, -0.2) is 9.67 Å². The van der Waals surface area contributed by atoms with Crippen LogP contribution in [0.2, 0.25) is 0 Å². The first-order chi connectivity index (χ1) is 13.5. The summed E-state index contributed by atoms with van der Waals surface area (Å²) in [5.41, 5.74) is 4.29. The fourth-order valence-corrected chi connectivity index (χ4v) is 3.90. The number of anilines is 1. The van der Waals surface area contributed by atoms with Crippen molar-refractivity contribution in [3.63, 3.8) is 0 Å². The molecular weight excluding hydrogens is 370 g/mol. The minimum absolute atomic E-state index is 0.292. The molecule has 1 N–H and O–H groups in total. The highest BCUT2D eigenvalue weighted by Gasteiger charge is 2.18. The lowest BCUT2D eigenvalue weighted by atomic mass is 10.0. The Bertz CT molecular complexity index is 1130. The second-order valence-corrected chi connectivity index (χ2v) is 8.05. The Balaban J connectivity index is 1.53. The molecular formula is C21H21N5OS. The third-order valence-electron chi connectivity index (χ3n) is 4.67. The second-order valence-electron chi connectivity index (χ2n) is 7.02. The molecule has 2 heterocycles. The maximum atomic E-state index is 12.7. The van der Waals surface area contributed by atoms with Crippen LogP contribution in [0.1, 0.15) is 47.1 Å². The van der Waals surface area contributed by atoms with Gasteiger partial charge in [0.2, 0.25) is 0 Å². The van der Waals surface area contributed by atoms with Gasteiger partial charge in [-0.2, -0.15) is 0 Å². The van der Waals surface area contributed by atoms with E-state index in [0.29, 0.717) is 23.3 Å². The van der Waals surface area contributed by atoms with Crippen LogP contribution < -0.4 is 5.32 Å². The van der Waals surface area contributed by atoms with Gasteiger partial charge in [0.25, 0.3) is 5.91 Å². The first-order valence-electron chi connectivity index (χ1n) is 9.17. The number of aromatic nitrogens is 4. The van der Waals surface area contributed by atoms with E-state index in [1.54, 1.807) is 4.68 Å². The summed E-state index contributed by atoms with van der Waals surface area (Å²) in [6.07, 6.45) is 0. The van der Waals surface area contributed by atoms with Gasteiger partial charge in [-0.3, -0.25) is 10.1 Å². The number of carbonyl (C=O) groups is 1. The molecule has 0 bridgehead atoms. The van der Waals surface area contributed by atoms with E-state index >= 15 is 0 Å². The number of thiazole rings is 1. The number of amides is 1. The Morgan fingerprint density at radius 1 is 1.18 bits per heavy atom. The molecule has 4 rings (SSSR count). The van der Waals surface area contributed by atoms with E-state index in [1.165, 1.54) is 16.9 Å². The Kier molecular flexibility index (Phi) is 4.92. The number of benzene rings is 2. The third-order valence-corrected chi connectivity index (χ3v) is 5.61. The highest BCUT2D eigenvalue weighted by Crippen LogP contribution is 2.29. The van der Waals surface area contributed by atoms with Crippen molar-refractivity contribution in [3.8, 4) is 0 Å². The summed E-state index contributed by atoms with van der Waals surface area (Å²) in [6, 6.07) is 16.2. The van der Waals surface area contributed by atoms with Gasteiger partial charge in [0.15, 0.2) is 10.8 Å². The fourth-order valence-electron chi connectivity index (χ4n) is 2.99. The number of nitrogens with one attached hydrogen (secondary N) is 1. The summed E-state index contributed by atoms with van der Waals surface area (Å²) < 4.78 is 2.79. The molecule has 2 aromatic heterocycles. The lowest BCUT2D eigenvalue weighted by molar-refractivity contribution is 0.102. The van der Waals surface area contributed by atoms with E-state index < -0.39 is 0 Å². The molecule has 0 aliphatic heterocycles. The zero-order valence-electron chi connectivity index (χ0n) is 16.0. The first-order valence-corrected chi connectivity index (χ1v) is 9.99. The smallest absolute Gasteiger partial charge is 0.279 e. The first kappa shape index (κ1) is 18.3. The molecule has 1 amide bonds. The number of nitrogens with zero attached hydrogens (tertiary/aromatic N) is 4. The van der Waals surface area contributed by atoms with Crippen LogP contribution in [0.25, 0.3) is 10.2 Å². The van der Waals surface area contributed by atoms with Crippen molar-refractivity contribution in [2.24, 2.45) is 0 Å². The topological polar surface area (TPSA) is 72.7 Å². The van der Waals surface area contributed by atoms with Crippen LogP contribution in [0.5, 0.6) is 0 Å². The lowest BCUT2D eigenvalue weighted by Crippen LogP contribution is -2.14. The van der Waals surface area contributed by atoms with Crippen molar-refractivity contribution in [2.75, 3.05) is 5.32 Å². The van der Waals surface area contributed by atoms with Crippen LogP contribution in [-0.2, 0) is 6.54 Å². The van der Waals surface area contributed by atoms with Crippen LogP contribution >= 0.6 is 11.3 Å².